The number of carbonyl (C=O) groups is 1. The SMILES string of the molecule is [C-]#[N+]c1ccc(-c2cc(C(=O)N3CCCNCC3)sc2-c2cc3nnn(C(C)(C)CO)c3c(F)c2F)cc1F. The van der Waals surface area contributed by atoms with Crippen LogP contribution in [0, 0.1) is 24.0 Å². The average Bonchev–Trinajstić information content (AvgIpc) is 3.47. The second-order valence-corrected chi connectivity index (χ2v) is 11.0. The highest BCUT2D eigenvalue weighted by atomic mass is 32.1. The predicted octanol–water partition coefficient (Wildman–Crippen LogP) is 4.96. The maximum Gasteiger partial charge on any atom is 0.264 e. The third-order valence-corrected chi connectivity index (χ3v) is 7.93. The van der Waals surface area contributed by atoms with Gasteiger partial charge in [0.25, 0.3) is 5.91 Å². The highest BCUT2D eigenvalue weighted by molar-refractivity contribution is 7.18. The summed E-state index contributed by atoms with van der Waals surface area (Å²) in [6.07, 6.45) is 0.774. The largest absolute Gasteiger partial charge is 0.394 e. The van der Waals surface area contributed by atoms with Gasteiger partial charge in [0.2, 0.25) is 5.69 Å². The molecule has 0 spiro atoms. The fourth-order valence-corrected chi connectivity index (χ4v) is 5.71. The average molecular weight is 555 g/mol. The molecule has 5 rings (SSSR count). The molecule has 39 heavy (non-hydrogen) atoms. The Kier molecular flexibility index (Phi) is 7.15. The molecular formula is C27H25F3N6O2S. The molecule has 1 aliphatic heterocycles. The van der Waals surface area contributed by atoms with E-state index in [4.69, 9.17) is 6.57 Å². The van der Waals surface area contributed by atoms with E-state index in [1.165, 1.54) is 18.2 Å². The van der Waals surface area contributed by atoms with Crippen molar-refractivity contribution in [2.45, 2.75) is 25.8 Å². The van der Waals surface area contributed by atoms with E-state index in [1.807, 2.05) is 0 Å². The summed E-state index contributed by atoms with van der Waals surface area (Å²) in [4.78, 5) is 18.8. The standard InChI is InChI=1S/C27H25F3N6O2S/c1-27(2,14-37)36-24-20(33-34-36)12-17(22(29)23(24)30)25-16(15-5-6-19(31-3)18(28)11-15)13-21(39-25)26(38)35-9-4-7-32-8-10-35/h5-6,11-13,32,37H,4,7-10,14H2,1-2H3. The summed E-state index contributed by atoms with van der Waals surface area (Å²) in [6, 6.07) is 6.87. The molecule has 0 atom stereocenters. The maximum atomic E-state index is 15.8. The van der Waals surface area contributed by atoms with Crippen molar-refractivity contribution in [3.8, 4) is 21.6 Å². The number of hydrogen-bond acceptors (Lipinski definition) is 6. The van der Waals surface area contributed by atoms with Gasteiger partial charge in [0, 0.05) is 35.6 Å². The molecule has 1 aliphatic rings. The van der Waals surface area contributed by atoms with Crippen LogP contribution in [0.25, 0.3) is 37.4 Å². The lowest BCUT2D eigenvalue weighted by atomic mass is 10.0. The Morgan fingerprint density at radius 3 is 2.67 bits per heavy atom. The number of aliphatic hydroxyl groups excluding tert-OH is 1. The molecule has 0 saturated carbocycles. The molecular weight excluding hydrogens is 529 g/mol. The Balaban J connectivity index is 1.70. The van der Waals surface area contributed by atoms with Gasteiger partial charge in [-0.05, 0) is 50.6 Å². The summed E-state index contributed by atoms with van der Waals surface area (Å²) < 4.78 is 47.1. The molecule has 2 N–H and O–H groups in total. The number of aromatic nitrogens is 3. The second-order valence-electron chi connectivity index (χ2n) is 9.92. The highest BCUT2D eigenvalue weighted by Crippen LogP contribution is 2.43. The van der Waals surface area contributed by atoms with E-state index in [-0.39, 0.29) is 39.7 Å². The monoisotopic (exact) mass is 554 g/mol. The molecule has 0 radical (unpaired) electrons. The number of aliphatic hydroxyl groups is 1. The number of hydrogen-bond donors (Lipinski definition) is 2. The third-order valence-electron chi connectivity index (χ3n) is 6.77. The van der Waals surface area contributed by atoms with Crippen molar-refractivity contribution in [3.05, 3.63) is 64.1 Å². The van der Waals surface area contributed by atoms with Crippen molar-refractivity contribution in [1.29, 1.82) is 0 Å². The lowest BCUT2D eigenvalue weighted by Gasteiger charge is -2.22. The zero-order valence-electron chi connectivity index (χ0n) is 21.3. The Morgan fingerprint density at radius 1 is 1.15 bits per heavy atom. The molecule has 1 amide bonds. The van der Waals surface area contributed by atoms with Crippen LogP contribution in [-0.4, -0.2) is 63.7 Å². The lowest BCUT2D eigenvalue weighted by Crippen LogP contribution is -2.33. The molecule has 12 heteroatoms. The number of rotatable bonds is 5. The topological polar surface area (TPSA) is 87.6 Å². The van der Waals surface area contributed by atoms with Crippen LogP contribution in [0.5, 0.6) is 0 Å². The van der Waals surface area contributed by atoms with Crippen molar-refractivity contribution < 1.29 is 23.1 Å². The van der Waals surface area contributed by atoms with Gasteiger partial charge in [-0.2, -0.15) is 0 Å². The second kappa shape index (κ2) is 10.4. The first-order valence-corrected chi connectivity index (χ1v) is 13.1. The highest BCUT2D eigenvalue weighted by Gasteiger charge is 2.30. The molecule has 2 aromatic carbocycles. The molecule has 1 fully saturated rings. The molecule has 202 valence electrons. The minimum Gasteiger partial charge on any atom is -0.394 e. The summed E-state index contributed by atoms with van der Waals surface area (Å²) in [6.45, 7) is 12.4. The van der Waals surface area contributed by atoms with E-state index >= 15 is 8.78 Å². The van der Waals surface area contributed by atoms with Gasteiger partial charge in [-0.3, -0.25) is 4.79 Å². The fourth-order valence-electron chi connectivity index (χ4n) is 4.56. The van der Waals surface area contributed by atoms with Crippen LogP contribution in [0.4, 0.5) is 18.9 Å². The van der Waals surface area contributed by atoms with Gasteiger partial charge in [0.05, 0.1) is 23.6 Å². The molecule has 0 aliphatic carbocycles. The minimum absolute atomic E-state index is 0.0609. The van der Waals surface area contributed by atoms with E-state index in [1.54, 1.807) is 24.8 Å². The Hall–Kier alpha value is -3.79. The van der Waals surface area contributed by atoms with Crippen molar-refractivity contribution in [1.82, 2.24) is 25.2 Å². The van der Waals surface area contributed by atoms with E-state index < -0.39 is 23.0 Å². The van der Waals surface area contributed by atoms with Crippen LogP contribution < -0.4 is 5.32 Å². The fraction of sp³-hybridized carbons (Fsp3) is 0.333. The first-order valence-electron chi connectivity index (χ1n) is 12.3. The van der Waals surface area contributed by atoms with E-state index in [9.17, 15) is 14.3 Å². The molecule has 0 unspecified atom stereocenters. The zero-order valence-corrected chi connectivity index (χ0v) is 22.1. The van der Waals surface area contributed by atoms with Gasteiger partial charge in [-0.25, -0.2) is 22.7 Å². The molecule has 8 nitrogen and oxygen atoms in total. The van der Waals surface area contributed by atoms with Gasteiger partial charge < -0.3 is 15.3 Å². The van der Waals surface area contributed by atoms with Gasteiger partial charge in [-0.1, -0.05) is 17.3 Å². The molecule has 0 bridgehead atoms. The van der Waals surface area contributed by atoms with Gasteiger partial charge >= 0.3 is 0 Å². The number of nitrogens with one attached hydrogen (secondary N) is 1. The number of benzene rings is 2. The summed E-state index contributed by atoms with van der Waals surface area (Å²) in [5, 5.41) is 20.9. The van der Waals surface area contributed by atoms with Crippen molar-refractivity contribution in [2.75, 3.05) is 32.8 Å². The van der Waals surface area contributed by atoms with Crippen molar-refractivity contribution >= 4 is 34.0 Å². The first kappa shape index (κ1) is 26.8. The van der Waals surface area contributed by atoms with E-state index in [0.717, 1.165) is 35.1 Å². The van der Waals surface area contributed by atoms with Gasteiger partial charge in [0.15, 0.2) is 11.6 Å². The predicted molar refractivity (Wildman–Crippen MR) is 142 cm³/mol. The van der Waals surface area contributed by atoms with Crippen LogP contribution in [0.1, 0.15) is 29.9 Å². The Bertz CT molecular complexity index is 1620. The van der Waals surface area contributed by atoms with Crippen molar-refractivity contribution in [2.24, 2.45) is 0 Å². The van der Waals surface area contributed by atoms with E-state index in [2.05, 4.69) is 20.5 Å². The zero-order chi connectivity index (χ0) is 27.9. The smallest absolute Gasteiger partial charge is 0.264 e. The Morgan fingerprint density at radius 2 is 1.95 bits per heavy atom. The lowest BCUT2D eigenvalue weighted by molar-refractivity contribution is 0.0771. The van der Waals surface area contributed by atoms with Crippen LogP contribution in [0.3, 0.4) is 0 Å². The van der Waals surface area contributed by atoms with Crippen LogP contribution in [0.2, 0.25) is 0 Å². The number of carbonyl (C=O) groups excluding carboxylic acids is 1. The minimum atomic E-state index is -1.20. The molecule has 4 aromatic rings. The number of amides is 1. The normalized spacial score (nSPS) is 14.4. The van der Waals surface area contributed by atoms with Crippen LogP contribution in [0.15, 0.2) is 30.3 Å². The van der Waals surface area contributed by atoms with Gasteiger partial charge in [-0.15, -0.1) is 16.4 Å². The summed E-state index contributed by atoms with van der Waals surface area (Å²) in [5.74, 6) is -3.40. The maximum absolute atomic E-state index is 15.8. The number of nitrogens with zero attached hydrogens (tertiary/aromatic N) is 5. The van der Waals surface area contributed by atoms with Gasteiger partial charge in [0.1, 0.15) is 16.9 Å². The van der Waals surface area contributed by atoms with Crippen LogP contribution >= 0.6 is 11.3 Å². The number of fused-ring (bicyclic) bond motifs is 1. The van der Waals surface area contributed by atoms with Crippen LogP contribution in [-0.2, 0) is 5.54 Å². The summed E-state index contributed by atoms with van der Waals surface area (Å²) >= 11 is 0.984. The molecule has 2 aromatic heterocycles. The molecule has 3 heterocycles. The first-order chi connectivity index (χ1) is 18.7. The Labute approximate surface area is 226 Å². The molecule has 1 saturated heterocycles. The van der Waals surface area contributed by atoms with E-state index in [0.29, 0.717) is 35.6 Å². The summed E-state index contributed by atoms with van der Waals surface area (Å²) in [5.41, 5.74) is -0.868. The number of halogens is 3. The summed E-state index contributed by atoms with van der Waals surface area (Å²) in [7, 11) is 0. The van der Waals surface area contributed by atoms with Crippen molar-refractivity contribution in [3.63, 3.8) is 0 Å². The third kappa shape index (κ3) is 4.78. The quantitative estimate of drug-likeness (QED) is 0.341. The number of thiophene rings is 1.